The molecule has 2 rings (SSSR count). The number of benzene rings is 1. The van der Waals surface area contributed by atoms with Crippen molar-refractivity contribution in [3.05, 3.63) is 51.9 Å². The molecule has 0 unspecified atom stereocenters. The van der Waals surface area contributed by atoms with Crippen molar-refractivity contribution in [1.29, 1.82) is 0 Å². The minimum absolute atomic E-state index is 0.355. The summed E-state index contributed by atoms with van der Waals surface area (Å²) < 4.78 is 5.26. The fourth-order valence-electron chi connectivity index (χ4n) is 2.05. The first-order valence-electron chi connectivity index (χ1n) is 6.25. The summed E-state index contributed by atoms with van der Waals surface area (Å²) in [6, 6.07) is 7.44. The number of aryl methyl sites for hydroxylation is 1. The van der Waals surface area contributed by atoms with Crippen LogP contribution < -0.4 is 10.1 Å². The van der Waals surface area contributed by atoms with Crippen molar-refractivity contribution >= 4 is 17.3 Å². The summed E-state index contributed by atoms with van der Waals surface area (Å²) in [5, 5.41) is 15.2. The fraction of sp³-hybridized carbons (Fsp3) is 0.267. The standard InChI is InChI=1S/C15H17NO3S/c1-10-7-11(3-4-13(10)14(17)18)8-16-9-12-5-6-20-15(12)19-2/h3-7,16H,8-9H2,1-2H3,(H,17,18). The fourth-order valence-corrected chi connectivity index (χ4v) is 2.79. The van der Waals surface area contributed by atoms with E-state index in [4.69, 9.17) is 9.84 Å². The second-order valence-corrected chi connectivity index (χ2v) is 5.37. The predicted octanol–water partition coefficient (Wildman–Crippen LogP) is 3.05. The van der Waals surface area contributed by atoms with Gasteiger partial charge in [-0.25, -0.2) is 4.79 Å². The van der Waals surface area contributed by atoms with E-state index in [0.717, 1.165) is 28.3 Å². The van der Waals surface area contributed by atoms with Crippen molar-refractivity contribution in [3.8, 4) is 5.06 Å². The van der Waals surface area contributed by atoms with Crippen molar-refractivity contribution in [1.82, 2.24) is 5.32 Å². The molecular formula is C15H17NO3S. The number of aromatic carboxylic acids is 1. The predicted molar refractivity (Wildman–Crippen MR) is 79.6 cm³/mol. The number of ether oxygens (including phenoxy) is 1. The lowest BCUT2D eigenvalue weighted by atomic mass is 10.1. The van der Waals surface area contributed by atoms with Crippen LogP contribution in [0.5, 0.6) is 5.06 Å². The monoisotopic (exact) mass is 291 g/mol. The zero-order valence-electron chi connectivity index (χ0n) is 11.5. The van der Waals surface area contributed by atoms with Gasteiger partial charge in [0.15, 0.2) is 5.06 Å². The minimum atomic E-state index is -0.884. The molecule has 0 spiro atoms. The van der Waals surface area contributed by atoms with Gasteiger partial charge in [0.2, 0.25) is 0 Å². The Morgan fingerprint density at radius 2 is 2.15 bits per heavy atom. The average molecular weight is 291 g/mol. The van der Waals surface area contributed by atoms with Crippen molar-refractivity contribution in [3.63, 3.8) is 0 Å². The molecule has 0 fully saturated rings. The highest BCUT2D eigenvalue weighted by atomic mass is 32.1. The zero-order chi connectivity index (χ0) is 14.5. The third-order valence-corrected chi connectivity index (χ3v) is 3.97. The summed E-state index contributed by atoms with van der Waals surface area (Å²) in [6.07, 6.45) is 0. The van der Waals surface area contributed by atoms with Crippen LogP contribution in [0.3, 0.4) is 0 Å². The second-order valence-electron chi connectivity index (χ2n) is 4.50. The van der Waals surface area contributed by atoms with Crippen LogP contribution in [0.25, 0.3) is 0 Å². The molecule has 1 aromatic heterocycles. The number of thiophene rings is 1. The van der Waals surface area contributed by atoms with E-state index in [1.807, 2.05) is 30.5 Å². The number of rotatable bonds is 6. The lowest BCUT2D eigenvalue weighted by Crippen LogP contribution is -2.13. The number of carbonyl (C=O) groups is 1. The van der Waals surface area contributed by atoms with Gasteiger partial charge in [-0.2, -0.15) is 0 Å². The summed E-state index contributed by atoms with van der Waals surface area (Å²) >= 11 is 1.58. The van der Waals surface area contributed by atoms with Gasteiger partial charge in [0.05, 0.1) is 12.7 Å². The number of hydrogen-bond acceptors (Lipinski definition) is 4. The molecule has 0 bridgehead atoms. The van der Waals surface area contributed by atoms with Crippen LogP contribution in [-0.4, -0.2) is 18.2 Å². The topological polar surface area (TPSA) is 58.6 Å². The largest absolute Gasteiger partial charge is 0.487 e. The van der Waals surface area contributed by atoms with E-state index in [9.17, 15) is 4.79 Å². The van der Waals surface area contributed by atoms with Crippen molar-refractivity contribution in [2.45, 2.75) is 20.0 Å². The van der Waals surface area contributed by atoms with Crippen LogP contribution in [0.1, 0.15) is 27.0 Å². The van der Waals surface area contributed by atoms with Gasteiger partial charge in [-0.1, -0.05) is 12.1 Å². The Balaban J connectivity index is 1.95. The van der Waals surface area contributed by atoms with Gasteiger partial charge in [0.1, 0.15) is 0 Å². The van der Waals surface area contributed by atoms with E-state index in [-0.39, 0.29) is 0 Å². The van der Waals surface area contributed by atoms with Crippen LogP contribution in [0.4, 0.5) is 0 Å². The molecule has 2 N–H and O–H groups in total. The average Bonchev–Trinajstić information content (AvgIpc) is 2.86. The lowest BCUT2D eigenvalue weighted by Gasteiger charge is -2.08. The Labute approximate surface area is 122 Å². The lowest BCUT2D eigenvalue weighted by molar-refractivity contribution is 0.0696. The minimum Gasteiger partial charge on any atom is -0.487 e. The maximum absolute atomic E-state index is 10.9. The summed E-state index contributed by atoms with van der Waals surface area (Å²) in [6.45, 7) is 3.24. The zero-order valence-corrected chi connectivity index (χ0v) is 12.3. The van der Waals surface area contributed by atoms with Crippen molar-refractivity contribution < 1.29 is 14.6 Å². The third kappa shape index (κ3) is 3.37. The molecule has 106 valence electrons. The van der Waals surface area contributed by atoms with Crippen LogP contribution >= 0.6 is 11.3 Å². The Morgan fingerprint density at radius 1 is 1.35 bits per heavy atom. The molecule has 0 saturated heterocycles. The Hall–Kier alpha value is -1.85. The number of nitrogens with one attached hydrogen (secondary N) is 1. The van der Waals surface area contributed by atoms with Gasteiger partial charge < -0.3 is 15.2 Å². The van der Waals surface area contributed by atoms with E-state index < -0.39 is 5.97 Å². The number of methoxy groups -OCH3 is 1. The molecule has 0 amide bonds. The molecule has 0 aliphatic heterocycles. The van der Waals surface area contributed by atoms with Crippen molar-refractivity contribution in [2.24, 2.45) is 0 Å². The molecule has 2 aromatic rings. The molecule has 1 aromatic carbocycles. The maximum Gasteiger partial charge on any atom is 0.335 e. The summed E-state index contributed by atoms with van der Waals surface area (Å²) in [5.41, 5.74) is 3.34. The highest BCUT2D eigenvalue weighted by Crippen LogP contribution is 2.25. The SMILES string of the molecule is COc1sccc1CNCc1ccc(C(=O)O)c(C)c1. The van der Waals surface area contributed by atoms with Gasteiger partial charge in [0.25, 0.3) is 0 Å². The molecule has 5 heteroatoms. The third-order valence-electron chi connectivity index (χ3n) is 3.06. The molecule has 0 saturated carbocycles. The van der Waals surface area contributed by atoms with E-state index in [1.165, 1.54) is 0 Å². The highest BCUT2D eigenvalue weighted by Gasteiger charge is 2.07. The van der Waals surface area contributed by atoms with Crippen LogP contribution in [0.15, 0.2) is 29.6 Å². The summed E-state index contributed by atoms with van der Waals surface area (Å²) in [5.74, 6) is -0.884. The maximum atomic E-state index is 10.9. The number of carboxylic acids is 1. The van der Waals surface area contributed by atoms with Crippen LogP contribution in [0, 0.1) is 6.92 Å². The first-order chi connectivity index (χ1) is 9.61. The Bertz CT molecular complexity index is 607. The molecule has 0 radical (unpaired) electrons. The second kappa shape index (κ2) is 6.54. The van der Waals surface area contributed by atoms with E-state index in [2.05, 4.69) is 5.32 Å². The molecule has 0 atom stereocenters. The van der Waals surface area contributed by atoms with Gasteiger partial charge >= 0.3 is 5.97 Å². The summed E-state index contributed by atoms with van der Waals surface area (Å²) in [7, 11) is 1.67. The van der Waals surface area contributed by atoms with Crippen LogP contribution in [0.2, 0.25) is 0 Å². The normalized spacial score (nSPS) is 10.5. The quantitative estimate of drug-likeness (QED) is 0.859. The van der Waals surface area contributed by atoms with Crippen LogP contribution in [-0.2, 0) is 13.1 Å². The molecular weight excluding hydrogens is 274 g/mol. The Kier molecular flexibility index (Phi) is 4.76. The molecule has 0 aliphatic carbocycles. The van der Waals surface area contributed by atoms with E-state index in [0.29, 0.717) is 12.1 Å². The number of carboxylic acid groups (broad SMARTS) is 1. The summed E-state index contributed by atoms with van der Waals surface area (Å²) in [4.78, 5) is 10.9. The van der Waals surface area contributed by atoms with Gasteiger partial charge in [-0.15, -0.1) is 11.3 Å². The van der Waals surface area contributed by atoms with E-state index in [1.54, 1.807) is 24.5 Å². The highest BCUT2D eigenvalue weighted by molar-refractivity contribution is 7.12. The molecule has 1 heterocycles. The molecule has 20 heavy (non-hydrogen) atoms. The van der Waals surface area contributed by atoms with E-state index >= 15 is 0 Å². The molecule has 0 aliphatic rings. The van der Waals surface area contributed by atoms with Gasteiger partial charge in [-0.05, 0) is 35.6 Å². The van der Waals surface area contributed by atoms with Gasteiger partial charge in [0, 0.05) is 18.7 Å². The van der Waals surface area contributed by atoms with Gasteiger partial charge in [-0.3, -0.25) is 0 Å². The van der Waals surface area contributed by atoms with Crippen molar-refractivity contribution in [2.75, 3.05) is 7.11 Å². The number of hydrogen-bond donors (Lipinski definition) is 2. The first kappa shape index (κ1) is 14.6. The molecule has 4 nitrogen and oxygen atoms in total. The first-order valence-corrected chi connectivity index (χ1v) is 7.13. The smallest absolute Gasteiger partial charge is 0.335 e. The Morgan fingerprint density at radius 3 is 2.80 bits per heavy atom.